The van der Waals surface area contributed by atoms with Gasteiger partial charge in [-0.3, -0.25) is 9.78 Å². The maximum atomic E-state index is 11.5. The van der Waals surface area contributed by atoms with Gasteiger partial charge in [0.15, 0.2) is 5.78 Å². The molecule has 0 aliphatic carbocycles. The second kappa shape index (κ2) is 12.6. The molecule has 0 unspecified atom stereocenters. The fraction of sp³-hybridized carbons (Fsp3) is 0.455. The number of carbonyl (C=O) groups is 1. The summed E-state index contributed by atoms with van der Waals surface area (Å²) in [4.78, 5) is 16.4. The van der Waals surface area contributed by atoms with Gasteiger partial charge in [-0.1, -0.05) is 82.2 Å². The number of hydrogen-bond donors (Lipinski definition) is 1. The minimum atomic E-state index is -0.417. The number of ether oxygens (including phenoxy) is 1. The second-order valence-corrected chi connectivity index (χ2v) is 12.8. The van der Waals surface area contributed by atoms with E-state index in [1.807, 2.05) is 41.5 Å². The van der Waals surface area contributed by atoms with Gasteiger partial charge in [0.2, 0.25) is 0 Å². The fourth-order valence-corrected chi connectivity index (χ4v) is 3.55. The van der Waals surface area contributed by atoms with Crippen LogP contribution in [0.4, 0.5) is 0 Å². The molecule has 0 amide bonds. The predicted molar refractivity (Wildman–Crippen MR) is 155 cm³/mol. The van der Waals surface area contributed by atoms with Crippen molar-refractivity contribution in [2.24, 2.45) is 10.8 Å². The number of aryl methyl sites for hydroxylation is 2. The van der Waals surface area contributed by atoms with E-state index >= 15 is 0 Å². The SMILES string of the molecule is CC(C)(C)C(=O)/C=C(\O)C(C)(C)C.COc1cc2cc(C(C)(C)C)ccc2nc1-c1[c-]c(C)cc(C)c1.[Ir]. The molecule has 5 heteroatoms. The van der Waals surface area contributed by atoms with E-state index in [-0.39, 0.29) is 42.5 Å². The number of benzene rings is 2. The number of nitrogens with zero attached hydrogens (tertiary/aromatic N) is 1. The van der Waals surface area contributed by atoms with Crippen molar-refractivity contribution in [1.29, 1.82) is 0 Å². The van der Waals surface area contributed by atoms with Crippen LogP contribution >= 0.6 is 0 Å². The Kier molecular flexibility index (Phi) is 11.1. The monoisotopic (exact) mass is 695 g/mol. The number of aliphatic hydroxyl groups is 1. The molecule has 0 bridgehead atoms. The third-order valence-corrected chi connectivity index (χ3v) is 6.04. The quantitative estimate of drug-likeness (QED) is 0.169. The molecule has 1 heterocycles. The maximum absolute atomic E-state index is 11.5. The third-order valence-electron chi connectivity index (χ3n) is 6.04. The number of hydrogen-bond acceptors (Lipinski definition) is 4. The summed E-state index contributed by atoms with van der Waals surface area (Å²) in [6.07, 6.45) is 1.33. The van der Waals surface area contributed by atoms with Gasteiger partial charge in [-0.25, -0.2) is 0 Å². The molecule has 0 atom stereocenters. The van der Waals surface area contributed by atoms with Gasteiger partial charge < -0.3 is 9.84 Å². The smallest absolute Gasteiger partial charge is 0.164 e. The van der Waals surface area contributed by atoms with Crippen molar-refractivity contribution in [2.75, 3.05) is 7.11 Å². The first kappa shape index (κ1) is 33.5. The molecule has 0 fully saturated rings. The number of ketones is 1. The number of allylic oxidation sites excluding steroid dienone is 2. The summed E-state index contributed by atoms with van der Waals surface area (Å²) < 4.78 is 5.63. The molecule has 2 aromatic carbocycles. The summed E-state index contributed by atoms with van der Waals surface area (Å²) in [6.45, 7) is 21.9. The first-order valence-electron chi connectivity index (χ1n) is 12.8. The third kappa shape index (κ3) is 9.06. The second-order valence-electron chi connectivity index (χ2n) is 12.8. The Balaban J connectivity index is 0.000000444. The number of aliphatic hydroxyl groups excluding tert-OH is 1. The van der Waals surface area contributed by atoms with Crippen LogP contribution < -0.4 is 4.74 Å². The Morgan fingerprint density at radius 3 is 2.00 bits per heavy atom. The predicted octanol–water partition coefficient (Wildman–Crippen LogP) is 8.71. The molecule has 3 aromatic rings. The van der Waals surface area contributed by atoms with E-state index in [1.165, 1.54) is 17.2 Å². The summed E-state index contributed by atoms with van der Waals surface area (Å²) >= 11 is 0. The Morgan fingerprint density at radius 2 is 1.53 bits per heavy atom. The summed E-state index contributed by atoms with van der Waals surface area (Å²) in [7, 11) is 1.70. The van der Waals surface area contributed by atoms with Crippen LogP contribution in [-0.4, -0.2) is 23.0 Å². The molecule has 1 aromatic heterocycles. The van der Waals surface area contributed by atoms with Gasteiger partial charge in [-0.15, -0.1) is 34.9 Å². The molecule has 0 aliphatic rings. The van der Waals surface area contributed by atoms with Gasteiger partial charge in [0.25, 0.3) is 0 Å². The van der Waals surface area contributed by atoms with Crippen LogP contribution in [0.1, 0.15) is 79.0 Å². The topological polar surface area (TPSA) is 59.4 Å². The normalized spacial score (nSPS) is 12.4. The molecular formula is C33H44IrNO3-. The number of aromatic nitrogens is 1. The number of fused-ring (bicyclic) bond motifs is 1. The van der Waals surface area contributed by atoms with Crippen molar-refractivity contribution in [2.45, 2.75) is 81.6 Å². The molecule has 3 rings (SSSR count). The van der Waals surface area contributed by atoms with Crippen molar-refractivity contribution >= 4 is 16.7 Å². The van der Waals surface area contributed by atoms with Gasteiger partial charge in [-0.2, -0.15) is 0 Å². The van der Waals surface area contributed by atoms with Crippen LogP contribution in [0.2, 0.25) is 0 Å². The zero-order chi connectivity index (χ0) is 28.3. The van der Waals surface area contributed by atoms with E-state index in [9.17, 15) is 9.90 Å². The average molecular weight is 695 g/mol. The number of pyridine rings is 1. The van der Waals surface area contributed by atoms with Crippen molar-refractivity contribution < 1.29 is 34.7 Å². The first-order valence-corrected chi connectivity index (χ1v) is 12.8. The minimum Gasteiger partial charge on any atom is -0.512 e. The van der Waals surface area contributed by atoms with E-state index in [2.05, 4.69) is 77.1 Å². The maximum Gasteiger partial charge on any atom is 0.164 e. The molecule has 209 valence electrons. The van der Waals surface area contributed by atoms with E-state index in [0.717, 1.165) is 33.5 Å². The van der Waals surface area contributed by atoms with Crippen LogP contribution in [0.15, 0.2) is 48.2 Å². The van der Waals surface area contributed by atoms with Gasteiger partial charge in [0.05, 0.1) is 12.6 Å². The van der Waals surface area contributed by atoms with Gasteiger partial charge in [-0.05, 0) is 29.2 Å². The van der Waals surface area contributed by atoms with Gasteiger partial charge >= 0.3 is 0 Å². The standard InChI is InChI=1S/C22H24NO.C11H20O2.Ir/c1-14-9-15(2)11-17(10-14)21-20(24-6)13-16-12-18(22(3,4)5)7-8-19(16)23-21;1-10(2,3)8(12)7-9(13)11(4,5)6;/h7-10,12-13H,1-6H3;7,12H,1-6H3;/q-1;;/b;8-7-;. The van der Waals surface area contributed by atoms with Crippen LogP contribution in [0, 0.1) is 30.7 Å². The molecule has 38 heavy (non-hydrogen) atoms. The van der Waals surface area contributed by atoms with E-state index < -0.39 is 5.41 Å². The Labute approximate surface area is 243 Å². The largest absolute Gasteiger partial charge is 0.512 e. The van der Waals surface area contributed by atoms with Gasteiger partial charge in [0, 0.05) is 48.1 Å². The summed E-state index contributed by atoms with van der Waals surface area (Å²) in [5.74, 6) is 0.891. The zero-order valence-corrected chi connectivity index (χ0v) is 27.5. The Hall–Kier alpha value is -2.49. The average Bonchev–Trinajstić information content (AvgIpc) is 2.75. The van der Waals surface area contributed by atoms with Crippen molar-refractivity contribution in [1.82, 2.24) is 4.98 Å². The summed E-state index contributed by atoms with van der Waals surface area (Å²) in [5, 5.41) is 10.7. The van der Waals surface area contributed by atoms with Crippen LogP contribution in [-0.2, 0) is 30.3 Å². The van der Waals surface area contributed by atoms with Crippen LogP contribution in [0.3, 0.4) is 0 Å². The zero-order valence-electron chi connectivity index (χ0n) is 25.1. The van der Waals surface area contributed by atoms with Crippen LogP contribution in [0.25, 0.3) is 22.2 Å². The van der Waals surface area contributed by atoms with Crippen molar-refractivity contribution in [3.63, 3.8) is 0 Å². The fourth-order valence-electron chi connectivity index (χ4n) is 3.55. The Morgan fingerprint density at radius 1 is 0.921 bits per heavy atom. The number of rotatable bonds is 3. The molecule has 0 saturated heterocycles. The van der Waals surface area contributed by atoms with Crippen molar-refractivity contribution in [3.8, 4) is 17.0 Å². The molecule has 4 nitrogen and oxygen atoms in total. The van der Waals surface area contributed by atoms with E-state index in [1.54, 1.807) is 7.11 Å². The Bertz CT molecular complexity index is 1280. The van der Waals surface area contributed by atoms with Crippen LogP contribution in [0.5, 0.6) is 5.75 Å². The van der Waals surface area contributed by atoms with E-state index in [0.29, 0.717) is 0 Å². The number of carbonyl (C=O) groups excluding carboxylic acids is 1. The van der Waals surface area contributed by atoms with E-state index in [4.69, 9.17) is 9.72 Å². The molecule has 0 spiro atoms. The summed E-state index contributed by atoms with van der Waals surface area (Å²) in [6, 6.07) is 16.2. The van der Waals surface area contributed by atoms with Crippen molar-refractivity contribution in [3.05, 3.63) is 71.0 Å². The minimum absolute atomic E-state index is 0. The van der Waals surface area contributed by atoms with Gasteiger partial charge in [0.1, 0.15) is 11.5 Å². The molecule has 1 N–H and O–H groups in total. The molecule has 1 radical (unpaired) electrons. The summed E-state index contributed by atoms with van der Waals surface area (Å²) in [5.41, 5.74) is 5.76. The molecular weight excluding hydrogens is 651 g/mol. The first-order chi connectivity index (χ1) is 16.8. The number of methoxy groups -OCH3 is 1. The molecule has 0 aliphatic heterocycles. The molecule has 0 saturated carbocycles.